The molecular formula is C13H14F3N3O3S. The van der Waals surface area contributed by atoms with Crippen molar-refractivity contribution in [2.24, 2.45) is 0 Å². The number of nitrogens with one attached hydrogen (secondary N) is 1. The van der Waals surface area contributed by atoms with E-state index < -0.39 is 27.9 Å². The Hall–Kier alpha value is -2.07. The van der Waals surface area contributed by atoms with Gasteiger partial charge in [0, 0.05) is 13.0 Å². The van der Waals surface area contributed by atoms with Crippen LogP contribution >= 0.6 is 0 Å². The molecule has 0 saturated heterocycles. The molecule has 126 valence electrons. The third-order valence-electron chi connectivity index (χ3n) is 2.70. The van der Waals surface area contributed by atoms with Gasteiger partial charge >= 0.3 is 6.18 Å². The first kappa shape index (κ1) is 19.0. The lowest BCUT2D eigenvalue weighted by molar-refractivity contribution is -0.0564. The molecule has 0 aliphatic rings. The van der Waals surface area contributed by atoms with E-state index in [9.17, 15) is 26.7 Å². The zero-order valence-corrected chi connectivity index (χ0v) is 13.0. The second-order valence-corrected chi connectivity index (χ2v) is 6.71. The van der Waals surface area contributed by atoms with Gasteiger partial charge in [-0.3, -0.25) is 4.79 Å². The summed E-state index contributed by atoms with van der Waals surface area (Å²) < 4.78 is 58.2. The number of aromatic nitrogens is 1. The van der Waals surface area contributed by atoms with Gasteiger partial charge in [0.05, 0.1) is 11.9 Å². The van der Waals surface area contributed by atoms with Gasteiger partial charge in [-0.25, -0.2) is 4.98 Å². The number of hydrogen-bond acceptors (Lipinski definition) is 4. The summed E-state index contributed by atoms with van der Waals surface area (Å²) in [5.41, 5.74) is -1.90. The van der Waals surface area contributed by atoms with Crippen molar-refractivity contribution < 1.29 is 26.7 Å². The summed E-state index contributed by atoms with van der Waals surface area (Å²) in [6.07, 6.45) is -2.57. The molecule has 2 N–H and O–H groups in total. The summed E-state index contributed by atoms with van der Waals surface area (Å²) in [4.78, 5) is 15.0. The number of carbonyl (C=O) groups excluding carboxylic acids is 1. The maximum Gasteiger partial charge on any atom is 0.395 e. The number of alkyl halides is 3. The number of hydrogen-bond donors (Lipinski definition) is 2. The predicted octanol–water partition coefficient (Wildman–Crippen LogP) is 3.13. The normalized spacial score (nSPS) is 14.5. The second-order valence-electron chi connectivity index (χ2n) is 4.42. The van der Waals surface area contributed by atoms with Crippen molar-refractivity contribution >= 4 is 27.4 Å². The zero-order chi connectivity index (χ0) is 17.8. The summed E-state index contributed by atoms with van der Waals surface area (Å²) in [6.45, 7) is 2.63. The molecule has 10 heteroatoms. The third kappa shape index (κ3) is 4.96. The summed E-state index contributed by atoms with van der Waals surface area (Å²) in [5, 5.41) is 11.1. The van der Waals surface area contributed by atoms with Crippen molar-refractivity contribution in [2.75, 3.05) is 11.1 Å². The third-order valence-corrected chi connectivity index (χ3v) is 4.48. The van der Waals surface area contributed by atoms with Crippen LogP contribution in [0.2, 0.25) is 0 Å². The number of Topliss-reactive ketones (excluding diaryl/α,β-unsaturated/α-hetero) is 1. The monoisotopic (exact) mass is 349 g/mol. The van der Waals surface area contributed by atoms with Crippen LogP contribution in [0.5, 0.6) is 0 Å². The average Bonchev–Trinajstić information content (AvgIpc) is 2.45. The number of rotatable bonds is 6. The lowest BCUT2D eigenvalue weighted by Crippen LogP contribution is -2.19. The minimum Gasteiger partial charge on any atom is -0.800 e. The van der Waals surface area contributed by atoms with Gasteiger partial charge in [0.25, 0.3) is 0 Å². The average molecular weight is 349 g/mol. The number of nitrogens with zero attached hydrogens (tertiary/aromatic N) is 2. The Morgan fingerprint density at radius 1 is 1.52 bits per heavy atom. The molecule has 0 spiro atoms. The van der Waals surface area contributed by atoms with E-state index in [0.29, 0.717) is 6.08 Å². The van der Waals surface area contributed by atoms with E-state index in [1.807, 2.05) is 0 Å². The van der Waals surface area contributed by atoms with E-state index in [1.165, 1.54) is 13.8 Å². The second kappa shape index (κ2) is 7.01. The smallest absolute Gasteiger partial charge is 0.395 e. The van der Waals surface area contributed by atoms with E-state index in [-0.39, 0.29) is 22.0 Å². The molecule has 6 nitrogen and oxygen atoms in total. The van der Waals surface area contributed by atoms with Crippen LogP contribution in [-0.4, -0.2) is 33.0 Å². The van der Waals surface area contributed by atoms with Gasteiger partial charge in [0.2, 0.25) is 15.1 Å². The first-order valence-electron chi connectivity index (χ1n) is 6.30. The van der Waals surface area contributed by atoms with Gasteiger partial charge < -0.3 is 10.7 Å². The fraction of sp³-hybridized carbons (Fsp3) is 0.308. The topological polar surface area (TPSA) is 102 Å². The Morgan fingerprint density at radius 3 is 2.61 bits per heavy atom. The molecule has 0 aliphatic carbocycles. The Morgan fingerprint density at radius 2 is 2.13 bits per heavy atom. The van der Waals surface area contributed by atoms with Crippen LogP contribution in [0, 0.1) is 0 Å². The number of halogens is 3. The predicted molar refractivity (Wildman–Crippen MR) is 80.9 cm³/mol. The van der Waals surface area contributed by atoms with Crippen molar-refractivity contribution in [3.8, 4) is 0 Å². The van der Waals surface area contributed by atoms with Gasteiger partial charge in [-0.2, -0.15) is 17.7 Å². The number of anilines is 1. The van der Waals surface area contributed by atoms with Gasteiger partial charge in [-0.05, 0) is 13.1 Å². The molecule has 1 atom stereocenters. The van der Waals surface area contributed by atoms with Gasteiger partial charge in [0.15, 0.2) is 11.5 Å². The minimum absolute atomic E-state index is 0.0893. The minimum atomic E-state index is -4.87. The zero-order valence-electron chi connectivity index (χ0n) is 12.2. The molecule has 0 saturated carbocycles. The summed E-state index contributed by atoms with van der Waals surface area (Å²) in [7, 11) is -3.49. The van der Waals surface area contributed by atoms with E-state index >= 15 is 0 Å². The number of carbonyl (C=O) groups is 1. The first-order valence-corrected chi connectivity index (χ1v) is 7.99. The lowest BCUT2D eigenvalue weighted by Gasteiger charge is -2.12. The van der Waals surface area contributed by atoms with Crippen LogP contribution in [0.15, 0.2) is 29.4 Å². The van der Waals surface area contributed by atoms with Crippen molar-refractivity contribution in [3.05, 3.63) is 35.6 Å². The lowest BCUT2D eigenvalue weighted by atomic mass is 10.2. The molecule has 0 fully saturated rings. The van der Waals surface area contributed by atoms with Crippen molar-refractivity contribution in [1.82, 2.24) is 4.98 Å². The van der Waals surface area contributed by atoms with Crippen molar-refractivity contribution in [2.45, 2.75) is 24.9 Å². The molecule has 0 bridgehead atoms. The van der Waals surface area contributed by atoms with E-state index in [2.05, 4.69) is 10.3 Å². The molecule has 0 aliphatic heterocycles. The van der Waals surface area contributed by atoms with Crippen LogP contribution in [-0.2, 0) is 14.4 Å². The Labute approximate surface area is 131 Å². The van der Waals surface area contributed by atoms with Gasteiger partial charge in [-0.1, -0.05) is 16.0 Å². The van der Waals surface area contributed by atoms with Crippen LogP contribution in [0.3, 0.4) is 0 Å². The Bertz CT molecular complexity index is 701. The molecule has 1 rings (SSSR count). The highest BCUT2D eigenvalue weighted by Gasteiger charge is 2.33. The fourth-order valence-corrected chi connectivity index (χ4v) is 2.62. The molecular weight excluding hydrogens is 335 g/mol. The molecule has 23 heavy (non-hydrogen) atoms. The van der Waals surface area contributed by atoms with E-state index in [1.54, 1.807) is 0 Å². The fourth-order valence-electron chi connectivity index (χ4n) is 1.50. The maximum absolute atomic E-state index is 12.1. The van der Waals surface area contributed by atoms with Crippen molar-refractivity contribution in [1.29, 1.82) is 0 Å². The molecule has 0 radical (unpaired) electrons. The van der Waals surface area contributed by atoms with Gasteiger partial charge in [-0.15, -0.1) is 0 Å². The highest BCUT2D eigenvalue weighted by Crippen LogP contribution is 2.24. The number of allylic oxidation sites excluding steroid dienone is 1. The van der Waals surface area contributed by atoms with Gasteiger partial charge in [0.1, 0.15) is 5.75 Å². The standard InChI is InChI=1S/C13H14F3N3O3S/c1-3-23(21,22)10-6-9(7-19-12(10)8(2)20)18-5-4-11(17)13(14,15)16/h4-7,18H,3H2,1-2H3,(H,21,22)/b5-4-. The Balaban J connectivity index is 3.10. The molecule has 1 unspecified atom stereocenters. The molecule has 1 aromatic heterocycles. The summed E-state index contributed by atoms with van der Waals surface area (Å²) in [6, 6.07) is 1.16. The maximum atomic E-state index is 12.1. The molecule has 0 aromatic carbocycles. The van der Waals surface area contributed by atoms with E-state index in [4.69, 9.17) is 5.41 Å². The van der Waals surface area contributed by atoms with Crippen LogP contribution in [0.4, 0.5) is 18.9 Å². The first-order chi connectivity index (χ1) is 10.5. The summed E-state index contributed by atoms with van der Waals surface area (Å²) in [5.74, 6) is -0.669. The largest absolute Gasteiger partial charge is 0.800 e. The van der Waals surface area contributed by atoms with Crippen LogP contribution in [0.1, 0.15) is 24.3 Å². The SMILES string of the molecule is CC[S+](=O)(O)c1cc(N/C=C\C(=[N-])C(F)(F)F)cnc1C(C)=O. The Kier molecular flexibility index (Phi) is 5.78. The van der Waals surface area contributed by atoms with Crippen LogP contribution in [0.25, 0.3) is 5.41 Å². The highest BCUT2D eigenvalue weighted by atomic mass is 32.3. The molecule has 1 heterocycles. The molecule has 1 aromatic rings. The van der Waals surface area contributed by atoms with Crippen molar-refractivity contribution in [3.63, 3.8) is 0 Å². The summed E-state index contributed by atoms with van der Waals surface area (Å²) >= 11 is 0. The van der Waals surface area contributed by atoms with E-state index in [0.717, 1.165) is 18.5 Å². The molecule has 0 amide bonds. The number of ketones is 1. The quantitative estimate of drug-likeness (QED) is 0.467. The highest BCUT2D eigenvalue weighted by molar-refractivity contribution is 7.97. The number of pyridine rings is 1. The van der Waals surface area contributed by atoms with Crippen LogP contribution < -0.4 is 5.32 Å².